The molecule has 2 aromatic rings. The summed E-state index contributed by atoms with van der Waals surface area (Å²) in [6.07, 6.45) is 4.16. The Balaban J connectivity index is 1.34. The highest BCUT2D eigenvalue weighted by Gasteiger charge is 2.26. The number of hydrogen-bond acceptors (Lipinski definition) is 3. The van der Waals surface area contributed by atoms with Gasteiger partial charge >= 0.3 is 0 Å². The van der Waals surface area contributed by atoms with Gasteiger partial charge in [-0.2, -0.15) is 0 Å². The highest BCUT2D eigenvalue weighted by Crippen LogP contribution is 2.23. The van der Waals surface area contributed by atoms with Gasteiger partial charge in [-0.15, -0.1) is 0 Å². The van der Waals surface area contributed by atoms with E-state index < -0.39 is 0 Å². The second-order valence-electron chi connectivity index (χ2n) is 8.72. The van der Waals surface area contributed by atoms with Crippen LogP contribution in [0.15, 0.2) is 42.5 Å². The van der Waals surface area contributed by atoms with Gasteiger partial charge in [-0.1, -0.05) is 23.3 Å². The first kappa shape index (κ1) is 20.5. The Labute approximate surface area is 178 Å². The van der Waals surface area contributed by atoms with Gasteiger partial charge < -0.3 is 15.0 Å². The first-order valence-corrected chi connectivity index (χ1v) is 10.9. The number of likely N-dealkylation sites (tertiary alicyclic amines) is 1. The molecule has 1 aliphatic heterocycles. The summed E-state index contributed by atoms with van der Waals surface area (Å²) in [7, 11) is 0. The molecule has 2 fully saturated rings. The standard InChI is InChI=1S/C25H30N2O3/c1-17-11-18(2)13-21(12-17)25(29)27-10-4-5-19(15-27)16-30-23-7-3-6-20(14-23)24(28)26-22-8-9-22/h3,6-7,11-14,19,22H,4-5,8-10,15-16H2,1-2H3,(H,26,28). The van der Waals surface area contributed by atoms with Crippen molar-refractivity contribution < 1.29 is 14.3 Å². The second kappa shape index (κ2) is 8.90. The Bertz CT molecular complexity index is 915. The van der Waals surface area contributed by atoms with Crippen molar-refractivity contribution in [3.05, 3.63) is 64.7 Å². The van der Waals surface area contributed by atoms with Crippen LogP contribution in [0.1, 0.15) is 57.5 Å². The van der Waals surface area contributed by atoms with Crippen LogP contribution in [0.2, 0.25) is 0 Å². The number of piperidine rings is 1. The van der Waals surface area contributed by atoms with Gasteiger partial charge in [0.05, 0.1) is 6.61 Å². The molecule has 2 aliphatic rings. The van der Waals surface area contributed by atoms with Gasteiger partial charge in [-0.25, -0.2) is 0 Å². The van der Waals surface area contributed by atoms with E-state index >= 15 is 0 Å². The number of benzene rings is 2. The monoisotopic (exact) mass is 406 g/mol. The molecule has 4 rings (SSSR count). The molecule has 0 bridgehead atoms. The maximum atomic E-state index is 13.0. The fourth-order valence-electron chi connectivity index (χ4n) is 4.10. The number of carbonyl (C=O) groups excluding carboxylic acids is 2. The largest absolute Gasteiger partial charge is 0.493 e. The number of rotatable bonds is 6. The molecule has 1 saturated carbocycles. The SMILES string of the molecule is Cc1cc(C)cc(C(=O)N2CCCC(COc3cccc(C(=O)NC4CC4)c3)C2)c1. The summed E-state index contributed by atoms with van der Waals surface area (Å²) in [4.78, 5) is 27.2. The highest BCUT2D eigenvalue weighted by atomic mass is 16.5. The van der Waals surface area contributed by atoms with Crippen molar-refractivity contribution in [1.29, 1.82) is 0 Å². The van der Waals surface area contributed by atoms with E-state index in [9.17, 15) is 9.59 Å². The molecule has 1 N–H and O–H groups in total. The first-order valence-electron chi connectivity index (χ1n) is 10.9. The average molecular weight is 407 g/mol. The predicted octanol–water partition coefficient (Wildman–Crippen LogP) is 4.13. The van der Waals surface area contributed by atoms with Crippen molar-refractivity contribution in [3.8, 4) is 5.75 Å². The van der Waals surface area contributed by atoms with Crippen LogP contribution in [0.5, 0.6) is 5.75 Å². The summed E-state index contributed by atoms with van der Waals surface area (Å²) in [6, 6.07) is 13.7. The molecule has 30 heavy (non-hydrogen) atoms. The summed E-state index contributed by atoms with van der Waals surface area (Å²) < 4.78 is 6.01. The molecule has 1 atom stereocenters. The van der Waals surface area contributed by atoms with E-state index in [0.29, 0.717) is 30.5 Å². The van der Waals surface area contributed by atoms with Crippen molar-refractivity contribution in [2.45, 2.75) is 45.6 Å². The van der Waals surface area contributed by atoms with Gasteiger partial charge in [0, 0.05) is 36.2 Å². The van der Waals surface area contributed by atoms with E-state index in [0.717, 1.165) is 48.9 Å². The van der Waals surface area contributed by atoms with Crippen LogP contribution in [0.4, 0.5) is 0 Å². The van der Waals surface area contributed by atoms with Gasteiger partial charge in [0.25, 0.3) is 11.8 Å². The number of ether oxygens (including phenoxy) is 1. The number of amides is 2. The summed E-state index contributed by atoms with van der Waals surface area (Å²) >= 11 is 0. The molecule has 0 spiro atoms. The van der Waals surface area contributed by atoms with Crippen LogP contribution < -0.4 is 10.1 Å². The Hall–Kier alpha value is -2.82. The average Bonchev–Trinajstić information content (AvgIpc) is 3.55. The highest BCUT2D eigenvalue weighted by molar-refractivity contribution is 5.95. The molecule has 0 aromatic heterocycles. The van der Waals surface area contributed by atoms with Gasteiger partial charge in [0.2, 0.25) is 0 Å². The van der Waals surface area contributed by atoms with Crippen LogP contribution in [0, 0.1) is 19.8 Å². The first-order chi connectivity index (χ1) is 14.5. The number of aryl methyl sites for hydroxylation is 2. The molecule has 5 nitrogen and oxygen atoms in total. The quantitative estimate of drug-likeness (QED) is 0.785. The summed E-state index contributed by atoms with van der Waals surface area (Å²) in [5.41, 5.74) is 3.62. The van der Waals surface area contributed by atoms with Gasteiger partial charge in [-0.05, 0) is 69.9 Å². The molecular formula is C25H30N2O3. The van der Waals surface area contributed by atoms with Crippen molar-refractivity contribution in [3.63, 3.8) is 0 Å². The lowest BCUT2D eigenvalue weighted by Gasteiger charge is -2.33. The van der Waals surface area contributed by atoms with Crippen LogP contribution in [0.3, 0.4) is 0 Å². The topological polar surface area (TPSA) is 58.6 Å². The third kappa shape index (κ3) is 5.21. The minimum absolute atomic E-state index is 0.0363. The zero-order chi connectivity index (χ0) is 21.1. The Morgan fingerprint density at radius 3 is 2.53 bits per heavy atom. The number of nitrogens with zero attached hydrogens (tertiary/aromatic N) is 1. The Morgan fingerprint density at radius 1 is 1.03 bits per heavy atom. The predicted molar refractivity (Wildman–Crippen MR) is 117 cm³/mol. The summed E-state index contributed by atoms with van der Waals surface area (Å²) in [5, 5.41) is 3.01. The van der Waals surface area contributed by atoms with E-state index in [2.05, 4.69) is 11.4 Å². The zero-order valence-corrected chi connectivity index (χ0v) is 17.8. The van der Waals surface area contributed by atoms with E-state index in [-0.39, 0.29) is 17.7 Å². The minimum atomic E-state index is -0.0363. The van der Waals surface area contributed by atoms with Crippen LogP contribution >= 0.6 is 0 Å². The molecule has 2 aromatic carbocycles. The Morgan fingerprint density at radius 2 is 1.80 bits per heavy atom. The van der Waals surface area contributed by atoms with Gasteiger partial charge in [0.1, 0.15) is 5.75 Å². The molecule has 1 saturated heterocycles. The lowest BCUT2D eigenvalue weighted by Crippen LogP contribution is -2.41. The van der Waals surface area contributed by atoms with Crippen molar-refractivity contribution in [1.82, 2.24) is 10.2 Å². The fourth-order valence-corrected chi connectivity index (χ4v) is 4.10. The summed E-state index contributed by atoms with van der Waals surface area (Å²) in [5.74, 6) is 1.06. The lowest BCUT2D eigenvalue weighted by atomic mass is 9.97. The van der Waals surface area contributed by atoms with Crippen molar-refractivity contribution in [2.75, 3.05) is 19.7 Å². The maximum Gasteiger partial charge on any atom is 0.253 e. The number of hydrogen-bond donors (Lipinski definition) is 1. The molecule has 1 aliphatic carbocycles. The van der Waals surface area contributed by atoms with E-state index in [4.69, 9.17) is 4.74 Å². The zero-order valence-electron chi connectivity index (χ0n) is 17.8. The van der Waals surface area contributed by atoms with Gasteiger partial charge in [-0.3, -0.25) is 9.59 Å². The minimum Gasteiger partial charge on any atom is -0.493 e. The third-order valence-corrected chi connectivity index (χ3v) is 5.77. The molecule has 5 heteroatoms. The fraction of sp³-hybridized carbons (Fsp3) is 0.440. The van der Waals surface area contributed by atoms with Crippen LogP contribution in [0.25, 0.3) is 0 Å². The van der Waals surface area contributed by atoms with E-state index in [1.165, 1.54) is 0 Å². The maximum absolute atomic E-state index is 13.0. The van der Waals surface area contributed by atoms with Crippen LogP contribution in [-0.2, 0) is 0 Å². The second-order valence-corrected chi connectivity index (χ2v) is 8.72. The van der Waals surface area contributed by atoms with Gasteiger partial charge in [0.15, 0.2) is 0 Å². The number of carbonyl (C=O) groups is 2. The lowest BCUT2D eigenvalue weighted by molar-refractivity contribution is 0.0632. The molecular weight excluding hydrogens is 376 g/mol. The number of nitrogens with one attached hydrogen (secondary N) is 1. The van der Waals surface area contributed by atoms with E-state index in [1.54, 1.807) is 6.07 Å². The molecule has 1 heterocycles. The van der Waals surface area contributed by atoms with Crippen LogP contribution in [-0.4, -0.2) is 42.5 Å². The van der Waals surface area contributed by atoms with Crippen molar-refractivity contribution in [2.24, 2.45) is 5.92 Å². The summed E-state index contributed by atoms with van der Waals surface area (Å²) in [6.45, 7) is 6.09. The normalized spacial score (nSPS) is 18.7. The third-order valence-electron chi connectivity index (χ3n) is 5.77. The Kier molecular flexibility index (Phi) is 6.07. The van der Waals surface area contributed by atoms with E-state index in [1.807, 2.05) is 49.1 Å². The molecule has 2 amide bonds. The molecule has 1 unspecified atom stereocenters. The molecule has 0 radical (unpaired) electrons. The molecule has 158 valence electrons. The van der Waals surface area contributed by atoms with Crippen molar-refractivity contribution >= 4 is 11.8 Å². The smallest absolute Gasteiger partial charge is 0.253 e.